The maximum atomic E-state index is 12.2. The van der Waals surface area contributed by atoms with Crippen molar-refractivity contribution in [3.63, 3.8) is 0 Å². The van der Waals surface area contributed by atoms with Crippen LogP contribution in [0, 0.1) is 31.6 Å². The highest BCUT2D eigenvalue weighted by atomic mass is 32.2. The summed E-state index contributed by atoms with van der Waals surface area (Å²) in [6.45, 7) is -0.0950. The van der Waals surface area contributed by atoms with E-state index < -0.39 is 19.9 Å². The second-order valence-corrected chi connectivity index (χ2v) is 6.80. The van der Waals surface area contributed by atoms with Crippen LogP contribution in [0.1, 0.15) is 5.56 Å². The van der Waals surface area contributed by atoms with Crippen LogP contribution in [0.2, 0.25) is 0 Å². The highest BCUT2D eigenvalue weighted by molar-refractivity contribution is 7.89. The highest BCUT2D eigenvalue weighted by Crippen LogP contribution is 2.18. The van der Waals surface area contributed by atoms with Gasteiger partial charge in [-0.05, 0) is 6.07 Å². The van der Waals surface area contributed by atoms with Gasteiger partial charge in [0.15, 0.2) is 0 Å². The minimum absolute atomic E-state index is 0.0215. The van der Waals surface area contributed by atoms with E-state index in [1.807, 2.05) is 0 Å². The predicted octanol–water partition coefficient (Wildman–Crippen LogP) is 1.16. The SMILES string of the molecule is N#Cc1cc([N+](=O)[O-])cnc1NCCNS(=O)(=O)c1cccc([N+](=O)[O-])c1. The van der Waals surface area contributed by atoms with Crippen molar-refractivity contribution in [3.8, 4) is 6.07 Å². The molecule has 0 aliphatic heterocycles. The van der Waals surface area contributed by atoms with Gasteiger partial charge in [-0.1, -0.05) is 6.07 Å². The summed E-state index contributed by atoms with van der Waals surface area (Å²) < 4.78 is 26.6. The zero-order valence-corrected chi connectivity index (χ0v) is 14.3. The Morgan fingerprint density at radius 2 is 1.81 bits per heavy atom. The van der Waals surface area contributed by atoms with Gasteiger partial charge in [0.25, 0.3) is 11.4 Å². The lowest BCUT2D eigenvalue weighted by atomic mass is 10.2. The zero-order chi connectivity index (χ0) is 20.0. The van der Waals surface area contributed by atoms with Crippen LogP contribution in [-0.4, -0.2) is 36.3 Å². The molecule has 1 aromatic heterocycles. The topological polar surface area (TPSA) is 181 Å². The Bertz CT molecular complexity index is 1030. The van der Waals surface area contributed by atoms with Crippen molar-refractivity contribution in [1.82, 2.24) is 9.71 Å². The summed E-state index contributed by atoms with van der Waals surface area (Å²) in [6, 6.07) is 7.38. The fraction of sp³-hybridized carbons (Fsp3) is 0.143. The fourth-order valence-corrected chi connectivity index (χ4v) is 3.06. The van der Waals surface area contributed by atoms with Crippen molar-refractivity contribution in [2.24, 2.45) is 0 Å². The van der Waals surface area contributed by atoms with Gasteiger partial charge in [-0.2, -0.15) is 5.26 Å². The van der Waals surface area contributed by atoms with E-state index in [0.29, 0.717) is 0 Å². The molecule has 0 fully saturated rings. The molecule has 1 aromatic carbocycles. The molecule has 140 valence electrons. The number of non-ortho nitro benzene ring substituents is 1. The Labute approximate surface area is 152 Å². The first kappa shape index (κ1) is 19.7. The van der Waals surface area contributed by atoms with E-state index in [-0.39, 0.29) is 40.7 Å². The molecule has 0 atom stereocenters. The standard InChI is InChI=1S/C14H12N6O6S/c15-8-10-6-12(20(23)24)9-17-14(10)16-4-5-18-27(25,26)13-3-1-2-11(7-13)19(21)22/h1-3,6-7,9,18H,4-5H2,(H,16,17). The number of aromatic nitrogens is 1. The molecule has 27 heavy (non-hydrogen) atoms. The van der Waals surface area contributed by atoms with Gasteiger partial charge in [-0.15, -0.1) is 0 Å². The summed E-state index contributed by atoms with van der Waals surface area (Å²) in [4.78, 5) is 23.5. The van der Waals surface area contributed by atoms with Crippen LogP contribution in [0.3, 0.4) is 0 Å². The first-order valence-electron chi connectivity index (χ1n) is 7.27. The van der Waals surface area contributed by atoms with E-state index >= 15 is 0 Å². The number of benzene rings is 1. The molecular formula is C14H12N6O6S. The van der Waals surface area contributed by atoms with Crippen LogP contribution >= 0.6 is 0 Å². The number of pyridine rings is 1. The molecular weight excluding hydrogens is 380 g/mol. The lowest BCUT2D eigenvalue weighted by Gasteiger charge is -2.09. The molecule has 0 amide bonds. The monoisotopic (exact) mass is 392 g/mol. The van der Waals surface area contributed by atoms with Crippen molar-refractivity contribution in [1.29, 1.82) is 5.26 Å². The third-order valence-electron chi connectivity index (χ3n) is 3.25. The molecule has 0 aliphatic rings. The number of hydrogen-bond donors (Lipinski definition) is 2. The van der Waals surface area contributed by atoms with E-state index in [9.17, 15) is 28.6 Å². The van der Waals surface area contributed by atoms with Crippen LogP contribution in [0.15, 0.2) is 41.4 Å². The van der Waals surface area contributed by atoms with Gasteiger partial charge in [-0.25, -0.2) is 18.1 Å². The maximum absolute atomic E-state index is 12.2. The van der Waals surface area contributed by atoms with Gasteiger partial charge in [0.1, 0.15) is 23.6 Å². The predicted molar refractivity (Wildman–Crippen MR) is 92.4 cm³/mol. The number of sulfonamides is 1. The van der Waals surface area contributed by atoms with Crippen molar-refractivity contribution in [2.45, 2.75) is 4.90 Å². The zero-order valence-electron chi connectivity index (χ0n) is 13.5. The van der Waals surface area contributed by atoms with Crippen molar-refractivity contribution in [3.05, 3.63) is 62.3 Å². The second-order valence-electron chi connectivity index (χ2n) is 5.04. The van der Waals surface area contributed by atoms with Gasteiger partial charge < -0.3 is 5.32 Å². The average Bonchev–Trinajstić information content (AvgIpc) is 2.65. The van der Waals surface area contributed by atoms with Crippen LogP contribution in [-0.2, 0) is 10.0 Å². The number of nitrogens with one attached hydrogen (secondary N) is 2. The molecule has 12 nitrogen and oxygen atoms in total. The lowest BCUT2D eigenvalue weighted by molar-refractivity contribution is -0.385. The summed E-state index contributed by atoms with van der Waals surface area (Å²) in [6.07, 6.45) is 0.969. The molecule has 0 aliphatic carbocycles. The minimum Gasteiger partial charge on any atom is -0.368 e. The summed E-state index contributed by atoms with van der Waals surface area (Å²) in [5, 5.41) is 33.1. The number of nitrogens with zero attached hydrogens (tertiary/aromatic N) is 4. The Hall–Kier alpha value is -3.63. The van der Waals surface area contributed by atoms with Crippen LogP contribution in [0.5, 0.6) is 0 Å². The molecule has 0 saturated heterocycles. The van der Waals surface area contributed by atoms with E-state index in [2.05, 4.69) is 15.0 Å². The largest absolute Gasteiger partial charge is 0.368 e. The number of nitriles is 1. The molecule has 1 heterocycles. The summed E-state index contributed by atoms with van der Waals surface area (Å²) in [5.74, 6) is 0.0673. The van der Waals surface area contributed by atoms with Crippen LogP contribution in [0.4, 0.5) is 17.2 Å². The van der Waals surface area contributed by atoms with Crippen LogP contribution < -0.4 is 10.0 Å². The molecule has 0 spiro atoms. The van der Waals surface area contributed by atoms with E-state index in [4.69, 9.17) is 5.26 Å². The number of rotatable bonds is 8. The molecule has 2 N–H and O–H groups in total. The van der Waals surface area contributed by atoms with Gasteiger partial charge >= 0.3 is 0 Å². The molecule has 13 heteroatoms. The number of hydrogen-bond acceptors (Lipinski definition) is 9. The smallest absolute Gasteiger partial charge is 0.289 e. The van der Waals surface area contributed by atoms with Crippen LogP contribution in [0.25, 0.3) is 0 Å². The number of anilines is 1. The molecule has 2 rings (SSSR count). The third-order valence-corrected chi connectivity index (χ3v) is 4.71. The summed E-state index contributed by atoms with van der Waals surface area (Å²) in [7, 11) is -3.97. The van der Waals surface area contributed by atoms with Gasteiger partial charge in [0.05, 0.1) is 14.7 Å². The Balaban J connectivity index is 2.00. The van der Waals surface area contributed by atoms with Gasteiger partial charge in [0, 0.05) is 31.3 Å². The van der Waals surface area contributed by atoms with Crippen molar-refractivity contribution < 1.29 is 18.3 Å². The Morgan fingerprint density at radius 1 is 1.11 bits per heavy atom. The van der Waals surface area contributed by atoms with E-state index in [1.165, 1.54) is 18.2 Å². The van der Waals surface area contributed by atoms with E-state index in [0.717, 1.165) is 18.3 Å². The normalized spacial score (nSPS) is 10.8. The maximum Gasteiger partial charge on any atom is 0.289 e. The van der Waals surface area contributed by atoms with Crippen molar-refractivity contribution in [2.75, 3.05) is 18.4 Å². The van der Waals surface area contributed by atoms with E-state index in [1.54, 1.807) is 6.07 Å². The third kappa shape index (κ3) is 4.93. The van der Waals surface area contributed by atoms with Gasteiger partial charge in [0.2, 0.25) is 10.0 Å². The first-order chi connectivity index (χ1) is 12.7. The number of nitro benzene ring substituents is 1. The lowest BCUT2D eigenvalue weighted by Crippen LogP contribution is -2.29. The fourth-order valence-electron chi connectivity index (χ4n) is 1.99. The minimum atomic E-state index is -3.97. The molecule has 2 aromatic rings. The summed E-state index contributed by atoms with van der Waals surface area (Å²) in [5.41, 5.74) is -0.765. The Kier molecular flexibility index (Phi) is 5.96. The second kappa shape index (κ2) is 8.17. The number of nitro groups is 2. The summed E-state index contributed by atoms with van der Waals surface area (Å²) >= 11 is 0. The highest BCUT2D eigenvalue weighted by Gasteiger charge is 2.17. The quantitative estimate of drug-likeness (QED) is 0.378. The van der Waals surface area contributed by atoms with Crippen molar-refractivity contribution >= 4 is 27.2 Å². The molecule has 0 unspecified atom stereocenters. The average molecular weight is 392 g/mol. The molecule has 0 bridgehead atoms. The van der Waals surface area contributed by atoms with Gasteiger partial charge in [-0.3, -0.25) is 20.2 Å². The molecule has 0 radical (unpaired) electrons. The molecule has 0 saturated carbocycles. The Morgan fingerprint density at radius 3 is 2.44 bits per heavy atom. The first-order valence-corrected chi connectivity index (χ1v) is 8.75.